The summed E-state index contributed by atoms with van der Waals surface area (Å²) in [6, 6.07) is 7.82. The van der Waals surface area contributed by atoms with Crippen LogP contribution in [0.15, 0.2) is 24.3 Å². The lowest BCUT2D eigenvalue weighted by Gasteiger charge is -2.24. The van der Waals surface area contributed by atoms with Crippen LogP contribution in [0.5, 0.6) is 0 Å². The molecule has 0 radical (unpaired) electrons. The number of hydrogen-bond acceptors (Lipinski definition) is 6. The van der Waals surface area contributed by atoms with Gasteiger partial charge in [-0.15, -0.1) is 11.3 Å². The molecule has 160 valence electrons. The van der Waals surface area contributed by atoms with Crippen molar-refractivity contribution >= 4 is 27.5 Å². The van der Waals surface area contributed by atoms with Gasteiger partial charge in [-0.3, -0.25) is 4.79 Å². The number of fused-ring (bicyclic) bond motifs is 1. The maximum atomic E-state index is 10.6. The number of nitrogens with zero attached hydrogens (tertiary/aromatic N) is 1. The smallest absolute Gasteiger partial charge is 0.303 e. The lowest BCUT2D eigenvalue weighted by molar-refractivity contribution is -0.137. The summed E-state index contributed by atoms with van der Waals surface area (Å²) in [6.07, 6.45) is 4.31. The van der Waals surface area contributed by atoms with E-state index in [1.807, 2.05) is 24.3 Å². The Morgan fingerprint density at radius 1 is 1.07 bits per heavy atom. The number of unbranched alkanes of at least 4 members (excludes halogenated alkanes) is 3. The van der Waals surface area contributed by atoms with E-state index in [0.717, 1.165) is 35.9 Å². The van der Waals surface area contributed by atoms with Crippen molar-refractivity contribution < 1.29 is 25.2 Å². The highest BCUT2D eigenvalue weighted by molar-refractivity contribution is 7.18. The maximum Gasteiger partial charge on any atom is 0.303 e. The molecule has 1 saturated carbocycles. The first-order chi connectivity index (χ1) is 14.0. The third-order valence-electron chi connectivity index (χ3n) is 6.07. The second kappa shape index (κ2) is 10.5. The van der Waals surface area contributed by atoms with Gasteiger partial charge in [-0.25, -0.2) is 4.98 Å². The van der Waals surface area contributed by atoms with Crippen LogP contribution in [0.2, 0.25) is 0 Å². The van der Waals surface area contributed by atoms with E-state index in [-0.39, 0.29) is 18.3 Å². The van der Waals surface area contributed by atoms with Crippen LogP contribution in [0.4, 0.5) is 0 Å². The van der Waals surface area contributed by atoms with E-state index >= 15 is 0 Å². The van der Waals surface area contributed by atoms with Crippen molar-refractivity contribution in [3.05, 3.63) is 29.3 Å². The molecule has 0 bridgehead atoms. The molecule has 1 aliphatic carbocycles. The zero-order valence-electron chi connectivity index (χ0n) is 16.6. The largest absolute Gasteiger partial charge is 0.481 e. The number of thiazole rings is 1. The summed E-state index contributed by atoms with van der Waals surface area (Å²) in [7, 11) is 0. The third kappa shape index (κ3) is 5.98. The Balaban J connectivity index is 1.48. The number of carbonyl (C=O) groups is 1. The lowest BCUT2D eigenvalue weighted by atomic mass is 9.85. The Hall–Kier alpha value is -1.54. The Morgan fingerprint density at radius 3 is 2.48 bits per heavy atom. The van der Waals surface area contributed by atoms with Crippen LogP contribution in [-0.4, -0.2) is 43.6 Å². The van der Waals surface area contributed by atoms with E-state index in [2.05, 4.69) is 4.98 Å². The minimum absolute atomic E-state index is 0.0203. The van der Waals surface area contributed by atoms with E-state index in [1.165, 1.54) is 11.3 Å². The van der Waals surface area contributed by atoms with Crippen molar-refractivity contribution in [2.75, 3.05) is 0 Å². The number of aliphatic hydroxyl groups excluding tert-OH is 3. The number of para-hydroxylation sites is 1. The topological polar surface area (TPSA) is 111 Å². The molecule has 1 aromatic heterocycles. The number of hydrogen-bond donors (Lipinski definition) is 4. The standard InChI is InChI=1S/C22H31NO5S/c24-17(22-23-16-8-5-6-9-20(16)29-22)12-11-15-14(18(25)13-19(15)26)7-3-1-2-4-10-21(27)28/h5-6,8-9,14-15,17-19,24-26H,1-4,7,10-13H2,(H,27,28)/t14?,15?,17?,18-,19+/m0/s1. The molecule has 0 aliphatic heterocycles. The van der Waals surface area contributed by atoms with Gasteiger partial charge in [0.15, 0.2) is 0 Å². The number of carboxylic acids is 1. The number of aromatic nitrogens is 1. The molecule has 6 nitrogen and oxygen atoms in total. The highest BCUT2D eigenvalue weighted by Crippen LogP contribution is 2.40. The van der Waals surface area contributed by atoms with Crippen LogP contribution in [0, 0.1) is 11.8 Å². The second-order valence-corrected chi connectivity index (χ2v) is 9.22. The first-order valence-corrected chi connectivity index (χ1v) is 11.4. The average Bonchev–Trinajstić information content (AvgIpc) is 3.23. The Labute approximate surface area is 175 Å². The van der Waals surface area contributed by atoms with Gasteiger partial charge < -0.3 is 20.4 Å². The number of aliphatic hydroxyl groups is 3. The van der Waals surface area contributed by atoms with Crippen LogP contribution in [0.1, 0.15) is 68.9 Å². The fraction of sp³-hybridized carbons (Fsp3) is 0.636. The molecule has 4 N–H and O–H groups in total. The average molecular weight is 422 g/mol. The van der Waals surface area contributed by atoms with Crippen molar-refractivity contribution in [1.29, 1.82) is 0 Å². The minimum atomic E-state index is -0.758. The number of rotatable bonds is 11. The first-order valence-electron chi connectivity index (χ1n) is 10.6. The summed E-state index contributed by atoms with van der Waals surface area (Å²) in [6.45, 7) is 0. The maximum absolute atomic E-state index is 10.6. The highest BCUT2D eigenvalue weighted by atomic mass is 32.1. The highest BCUT2D eigenvalue weighted by Gasteiger charge is 2.41. The van der Waals surface area contributed by atoms with Crippen LogP contribution < -0.4 is 0 Å². The molecule has 0 saturated heterocycles. The van der Waals surface area contributed by atoms with Crippen LogP contribution in [-0.2, 0) is 4.79 Å². The molecular formula is C22H31NO5S. The molecule has 0 spiro atoms. The minimum Gasteiger partial charge on any atom is -0.481 e. The fourth-order valence-electron chi connectivity index (χ4n) is 4.50. The molecule has 7 heteroatoms. The van der Waals surface area contributed by atoms with Crippen molar-refractivity contribution in [1.82, 2.24) is 4.98 Å². The van der Waals surface area contributed by atoms with Crippen molar-refractivity contribution in [2.45, 2.75) is 76.1 Å². The predicted molar refractivity (Wildman–Crippen MR) is 113 cm³/mol. The number of benzene rings is 1. The van der Waals surface area contributed by atoms with Crippen LogP contribution in [0.25, 0.3) is 10.2 Å². The van der Waals surface area contributed by atoms with Crippen molar-refractivity contribution in [2.24, 2.45) is 11.8 Å². The normalized spacial score (nSPS) is 25.5. The quantitative estimate of drug-likeness (QED) is 0.410. The Bertz CT molecular complexity index is 761. The Morgan fingerprint density at radius 2 is 1.76 bits per heavy atom. The monoisotopic (exact) mass is 421 g/mol. The SMILES string of the molecule is O=C(O)CCCCCCC1C(CCC(O)c2nc3ccccc3s2)[C@H](O)C[C@@H]1O. The van der Waals surface area contributed by atoms with Gasteiger partial charge >= 0.3 is 5.97 Å². The van der Waals surface area contributed by atoms with Gasteiger partial charge in [-0.05, 0) is 56.1 Å². The van der Waals surface area contributed by atoms with Crippen molar-refractivity contribution in [3.8, 4) is 0 Å². The molecule has 2 aromatic rings. The summed E-state index contributed by atoms with van der Waals surface area (Å²) >= 11 is 1.50. The summed E-state index contributed by atoms with van der Waals surface area (Å²) < 4.78 is 1.05. The summed E-state index contributed by atoms with van der Waals surface area (Å²) in [5.74, 6) is -0.744. The van der Waals surface area contributed by atoms with Gasteiger partial charge in [0.1, 0.15) is 11.1 Å². The van der Waals surface area contributed by atoms with Gasteiger partial charge in [0.25, 0.3) is 0 Å². The third-order valence-corrected chi connectivity index (χ3v) is 7.21. The zero-order valence-corrected chi connectivity index (χ0v) is 17.4. The summed E-state index contributed by atoms with van der Waals surface area (Å²) in [5.41, 5.74) is 0.892. The van der Waals surface area contributed by atoms with E-state index < -0.39 is 24.3 Å². The molecule has 1 fully saturated rings. The van der Waals surface area contributed by atoms with Gasteiger partial charge in [0, 0.05) is 6.42 Å². The van der Waals surface area contributed by atoms with E-state index in [0.29, 0.717) is 30.7 Å². The van der Waals surface area contributed by atoms with Gasteiger partial charge in [0.2, 0.25) is 0 Å². The summed E-state index contributed by atoms with van der Waals surface area (Å²) in [4.78, 5) is 15.1. The van der Waals surface area contributed by atoms with Crippen LogP contribution >= 0.6 is 11.3 Å². The van der Waals surface area contributed by atoms with Crippen LogP contribution in [0.3, 0.4) is 0 Å². The van der Waals surface area contributed by atoms with Gasteiger partial charge in [0.05, 0.1) is 22.4 Å². The summed E-state index contributed by atoms with van der Waals surface area (Å²) in [5, 5.41) is 40.8. The lowest BCUT2D eigenvalue weighted by Crippen LogP contribution is -2.23. The molecule has 3 unspecified atom stereocenters. The molecular weight excluding hydrogens is 390 g/mol. The van der Waals surface area contributed by atoms with E-state index in [4.69, 9.17) is 5.11 Å². The molecule has 3 rings (SSSR count). The molecule has 0 amide bonds. The molecule has 1 aliphatic rings. The first kappa shape index (κ1) is 22.2. The predicted octanol–water partition coefficient (Wildman–Crippen LogP) is 3.89. The van der Waals surface area contributed by atoms with Crippen molar-refractivity contribution in [3.63, 3.8) is 0 Å². The van der Waals surface area contributed by atoms with E-state index in [1.54, 1.807) is 0 Å². The molecule has 5 atom stereocenters. The van der Waals surface area contributed by atoms with E-state index in [9.17, 15) is 20.1 Å². The van der Waals surface area contributed by atoms with Gasteiger partial charge in [-0.2, -0.15) is 0 Å². The molecule has 1 aromatic carbocycles. The van der Waals surface area contributed by atoms with Gasteiger partial charge in [-0.1, -0.05) is 31.4 Å². The molecule has 29 heavy (non-hydrogen) atoms. The number of carboxylic acid groups (broad SMARTS) is 1. The molecule has 1 heterocycles. The zero-order chi connectivity index (χ0) is 20.8. The number of aliphatic carboxylic acids is 1. The Kier molecular flexibility index (Phi) is 8.00. The fourth-order valence-corrected chi connectivity index (χ4v) is 5.48. The second-order valence-electron chi connectivity index (χ2n) is 8.16.